The highest BCUT2D eigenvalue weighted by molar-refractivity contribution is 5.43. The van der Waals surface area contributed by atoms with E-state index in [0.29, 0.717) is 6.54 Å². The number of aromatic nitrogens is 1. The number of anilines is 1. The predicted octanol–water partition coefficient (Wildman–Crippen LogP) is 2.14. The number of rotatable bonds is 6. The zero-order valence-corrected chi connectivity index (χ0v) is 8.79. The Bertz CT molecular complexity index is 260. The van der Waals surface area contributed by atoms with Gasteiger partial charge >= 0.3 is 0 Å². The fourth-order valence-electron chi connectivity index (χ4n) is 1.34. The number of nitrogens with one attached hydrogen (secondary N) is 1. The molecule has 0 radical (unpaired) electrons. The Labute approximate surface area is 85.7 Å². The number of hydrogen-bond donors (Lipinski definition) is 2. The molecular formula is C11H19N3. The number of pyridine rings is 1. The van der Waals surface area contributed by atoms with E-state index in [1.165, 1.54) is 19.3 Å². The standard InChI is InChI=1S/C11H19N3/c1-2-3-4-7-13-11-10(9-12)6-5-8-14-11/h5-6,8H,2-4,7,9,12H2,1H3,(H,13,14). The Morgan fingerprint density at radius 3 is 3.00 bits per heavy atom. The van der Waals surface area contributed by atoms with Gasteiger partial charge in [0, 0.05) is 24.8 Å². The van der Waals surface area contributed by atoms with Gasteiger partial charge in [0.2, 0.25) is 0 Å². The molecule has 78 valence electrons. The molecule has 3 heteroatoms. The second-order valence-corrected chi connectivity index (χ2v) is 3.35. The predicted molar refractivity (Wildman–Crippen MR) is 60.1 cm³/mol. The van der Waals surface area contributed by atoms with E-state index in [1.807, 2.05) is 12.1 Å². The van der Waals surface area contributed by atoms with Crippen molar-refractivity contribution in [2.45, 2.75) is 32.7 Å². The monoisotopic (exact) mass is 193 g/mol. The van der Waals surface area contributed by atoms with E-state index in [9.17, 15) is 0 Å². The summed E-state index contributed by atoms with van der Waals surface area (Å²) in [5, 5.41) is 3.31. The largest absolute Gasteiger partial charge is 0.370 e. The quantitative estimate of drug-likeness (QED) is 0.680. The van der Waals surface area contributed by atoms with Crippen LogP contribution in [-0.4, -0.2) is 11.5 Å². The summed E-state index contributed by atoms with van der Waals surface area (Å²) in [6.07, 6.45) is 5.49. The minimum Gasteiger partial charge on any atom is -0.370 e. The van der Waals surface area contributed by atoms with Gasteiger partial charge in [0.1, 0.15) is 5.82 Å². The number of nitrogens with zero attached hydrogens (tertiary/aromatic N) is 1. The SMILES string of the molecule is CCCCCNc1ncccc1CN. The van der Waals surface area contributed by atoms with Crippen LogP contribution in [0.1, 0.15) is 31.7 Å². The summed E-state index contributed by atoms with van der Waals surface area (Å²) in [4.78, 5) is 4.26. The van der Waals surface area contributed by atoms with Crippen molar-refractivity contribution >= 4 is 5.82 Å². The van der Waals surface area contributed by atoms with Crippen LogP contribution < -0.4 is 11.1 Å². The van der Waals surface area contributed by atoms with E-state index in [0.717, 1.165) is 17.9 Å². The fourth-order valence-corrected chi connectivity index (χ4v) is 1.34. The maximum atomic E-state index is 5.60. The summed E-state index contributed by atoms with van der Waals surface area (Å²) in [5.74, 6) is 0.936. The molecule has 0 atom stereocenters. The third kappa shape index (κ3) is 3.34. The average Bonchev–Trinajstić information content (AvgIpc) is 2.25. The van der Waals surface area contributed by atoms with Crippen molar-refractivity contribution in [2.75, 3.05) is 11.9 Å². The molecule has 1 heterocycles. The van der Waals surface area contributed by atoms with Crippen LogP contribution in [0.25, 0.3) is 0 Å². The van der Waals surface area contributed by atoms with Gasteiger partial charge in [-0.1, -0.05) is 25.8 Å². The van der Waals surface area contributed by atoms with Crippen LogP contribution in [0.15, 0.2) is 18.3 Å². The van der Waals surface area contributed by atoms with Crippen LogP contribution in [0.4, 0.5) is 5.82 Å². The molecule has 1 aromatic rings. The van der Waals surface area contributed by atoms with Crippen molar-refractivity contribution in [1.29, 1.82) is 0 Å². The minimum atomic E-state index is 0.546. The first kappa shape index (κ1) is 11.0. The lowest BCUT2D eigenvalue weighted by molar-refractivity contribution is 0.741. The molecule has 3 nitrogen and oxygen atoms in total. The Hall–Kier alpha value is -1.09. The summed E-state index contributed by atoms with van der Waals surface area (Å²) in [5.41, 5.74) is 6.69. The Kier molecular flexibility index (Phi) is 5.00. The highest BCUT2D eigenvalue weighted by atomic mass is 15.0. The summed E-state index contributed by atoms with van der Waals surface area (Å²) in [6.45, 7) is 3.73. The van der Waals surface area contributed by atoms with Crippen molar-refractivity contribution in [3.8, 4) is 0 Å². The highest BCUT2D eigenvalue weighted by Gasteiger charge is 1.99. The van der Waals surface area contributed by atoms with E-state index < -0.39 is 0 Å². The van der Waals surface area contributed by atoms with Gasteiger partial charge in [-0.05, 0) is 12.5 Å². The van der Waals surface area contributed by atoms with Crippen LogP contribution in [0.5, 0.6) is 0 Å². The molecule has 0 bridgehead atoms. The zero-order valence-electron chi connectivity index (χ0n) is 8.79. The third-order valence-electron chi connectivity index (χ3n) is 2.18. The molecule has 0 saturated heterocycles. The van der Waals surface area contributed by atoms with Crippen LogP contribution in [0, 0.1) is 0 Å². The van der Waals surface area contributed by atoms with Gasteiger partial charge in [-0.15, -0.1) is 0 Å². The van der Waals surface area contributed by atoms with Gasteiger partial charge in [0.15, 0.2) is 0 Å². The van der Waals surface area contributed by atoms with Crippen molar-refractivity contribution in [3.63, 3.8) is 0 Å². The lowest BCUT2D eigenvalue weighted by Gasteiger charge is -2.08. The molecule has 0 aliphatic rings. The Morgan fingerprint density at radius 1 is 1.43 bits per heavy atom. The molecule has 0 saturated carbocycles. The Balaban J connectivity index is 2.41. The smallest absolute Gasteiger partial charge is 0.130 e. The van der Waals surface area contributed by atoms with Gasteiger partial charge in [-0.25, -0.2) is 4.98 Å². The van der Waals surface area contributed by atoms with E-state index in [-0.39, 0.29) is 0 Å². The van der Waals surface area contributed by atoms with Gasteiger partial charge in [0.25, 0.3) is 0 Å². The molecule has 1 rings (SSSR count). The topological polar surface area (TPSA) is 50.9 Å². The number of unbranched alkanes of at least 4 members (excludes halogenated alkanes) is 2. The highest BCUT2D eigenvalue weighted by Crippen LogP contribution is 2.10. The molecule has 1 aromatic heterocycles. The van der Waals surface area contributed by atoms with Crippen LogP contribution in [0.2, 0.25) is 0 Å². The molecule has 0 aromatic carbocycles. The average molecular weight is 193 g/mol. The molecule has 0 fully saturated rings. The third-order valence-corrected chi connectivity index (χ3v) is 2.18. The fraction of sp³-hybridized carbons (Fsp3) is 0.545. The molecule has 0 aliphatic heterocycles. The normalized spacial score (nSPS) is 10.1. The Morgan fingerprint density at radius 2 is 2.29 bits per heavy atom. The number of hydrogen-bond acceptors (Lipinski definition) is 3. The summed E-state index contributed by atoms with van der Waals surface area (Å²) in [7, 11) is 0. The zero-order chi connectivity index (χ0) is 10.2. The van der Waals surface area contributed by atoms with Crippen molar-refractivity contribution < 1.29 is 0 Å². The van der Waals surface area contributed by atoms with Crippen molar-refractivity contribution in [1.82, 2.24) is 4.98 Å². The van der Waals surface area contributed by atoms with Crippen LogP contribution in [-0.2, 0) is 6.54 Å². The van der Waals surface area contributed by atoms with Gasteiger partial charge in [-0.3, -0.25) is 0 Å². The van der Waals surface area contributed by atoms with Gasteiger partial charge in [-0.2, -0.15) is 0 Å². The first-order valence-corrected chi connectivity index (χ1v) is 5.26. The van der Waals surface area contributed by atoms with Gasteiger partial charge in [0.05, 0.1) is 0 Å². The lowest BCUT2D eigenvalue weighted by atomic mass is 10.2. The summed E-state index contributed by atoms with van der Waals surface area (Å²) >= 11 is 0. The van der Waals surface area contributed by atoms with Crippen molar-refractivity contribution in [2.24, 2.45) is 5.73 Å². The molecule has 0 spiro atoms. The lowest BCUT2D eigenvalue weighted by Crippen LogP contribution is -2.08. The first-order valence-electron chi connectivity index (χ1n) is 5.26. The molecule has 3 N–H and O–H groups in total. The second-order valence-electron chi connectivity index (χ2n) is 3.35. The maximum absolute atomic E-state index is 5.60. The van der Waals surface area contributed by atoms with Crippen molar-refractivity contribution in [3.05, 3.63) is 23.9 Å². The van der Waals surface area contributed by atoms with E-state index in [2.05, 4.69) is 17.2 Å². The van der Waals surface area contributed by atoms with Crippen LogP contribution >= 0.6 is 0 Å². The van der Waals surface area contributed by atoms with Crippen LogP contribution in [0.3, 0.4) is 0 Å². The van der Waals surface area contributed by atoms with E-state index in [4.69, 9.17) is 5.73 Å². The first-order chi connectivity index (χ1) is 6.88. The minimum absolute atomic E-state index is 0.546. The molecule has 14 heavy (non-hydrogen) atoms. The number of nitrogens with two attached hydrogens (primary N) is 1. The summed E-state index contributed by atoms with van der Waals surface area (Å²) < 4.78 is 0. The van der Waals surface area contributed by atoms with Gasteiger partial charge < -0.3 is 11.1 Å². The molecule has 0 amide bonds. The maximum Gasteiger partial charge on any atom is 0.130 e. The second kappa shape index (κ2) is 6.38. The molecule has 0 unspecified atom stereocenters. The van der Waals surface area contributed by atoms with E-state index >= 15 is 0 Å². The summed E-state index contributed by atoms with van der Waals surface area (Å²) in [6, 6.07) is 3.93. The van der Waals surface area contributed by atoms with E-state index in [1.54, 1.807) is 6.20 Å². The molecule has 0 aliphatic carbocycles. The molecular weight excluding hydrogens is 174 g/mol.